The Labute approximate surface area is 193 Å². The molecule has 174 valence electrons. The highest BCUT2D eigenvalue weighted by Gasteiger charge is 2.39. The Morgan fingerprint density at radius 3 is 1.84 bits per heavy atom. The average molecular weight is 457 g/mol. The second-order valence-corrected chi connectivity index (χ2v) is 10.1. The third kappa shape index (κ3) is 8.35. The van der Waals surface area contributed by atoms with Crippen molar-refractivity contribution in [1.82, 2.24) is 0 Å². The van der Waals surface area contributed by atoms with Crippen LogP contribution in [0.25, 0.3) is 17.2 Å². The fourth-order valence-electron chi connectivity index (χ4n) is 3.55. The summed E-state index contributed by atoms with van der Waals surface area (Å²) in [5.74, 6) is -0.355. The van der Waals surface area contributed by atoms with Crippen LogP contribution in [-0.2, 0) is 29.2 Å². The first-order valence-electron chi connectivity index (χ1n) is 11.4. The van der Waals surface area contributed by atoms with Crippen molar-refractivity contribution in [3.05, 3.63) is 65.7 Å². The molecule has 0 fully saturated rings. The predicted molar refractivity (Wildman–Crippen MR) is 131 cm³/mol. The molecule has 0 N–H and O–H groups in total. The van der Waals surface area contributed by atoms with Crippen LogP contribution in [0.3, 0.4) is 0 Å². The molecule has 2 rings (SSSR count). The maximum atomic E-state index is 11.2. The lowest BCUT2D eigenvalue weighted by atomic mass is 10.0. The summed E-state index contributed by atoms with van der Waals surface area (Å²) in [6, 6.07) is 17.7. The zero-order valence-electron chi connectivity index (χ0n) is 19.8. The molecule has 0 atom stereocenters. The first-order chi connectivity index (χ1) is 15.6. The van der Waals surface area contributed by atoms with Crippen molar-refractivity contribution in [2.75, 3.05) is 26.9 Å². The average Bonchev–Trinajstić information content (AvgIpc) is 2.81. The molecule has 0 aliphatic carbocycles. The van der Waals surface area contributed by atoms with Crippen LogP contribution >= 0.6 is 0 Å². The van der Waals surface area contributed by atoms with Crippen molar-refractivity contribution < 1.29 is 22.8 Å². The summed E-state index contributed by atoms with van der Waals surface area (Å²) in [5.41, 5.74) is 4.60. The minimum atomic E-state index is -2.54. The summed E-state index contributed by atoms with van der Waals surface area (Å²) in [7, 11) is -1.16. The van der Waals surface area contributed by atoms with E-state index in [1.54, 1.807) is 6.08 Å². The Kier molecular flexibility index (Phi) is 11.4. The number of methoxy groups -OCH3 is 1. The van der Waals surface area contributed by atoms with E-state index in [2.05, 4.69) is 41.1 Å². The summed E-state index contributed by atoms with van der Waals surface area (Å²) in [6.45, 7) is 7.85. The molecule has 0 amide bonds. The molecule has 5 nitrogen and oxygen atoms in total. The van der Waals surface area contributed by atoms with Gasteiger partial charge in [-0.15, -0.1) is 0 Å². The third-order valence-electron chi connectivity index (χ3n) is 5.10. The highest BCUT2D eigenvalue weighted by molar-refractivity contribution is 6.60. The van der Waals surface area contributed by atoms with Crippen LogP contribution in [-0.4, -0.2) is 41.7 Å². The van der Waals surface area contributed by atoms with Gasteiger partial charge in [-0.05, 0) is 68.4 Å². The van der Waals surface area contributed by atoms with Crippen molar-refractivity contribution in [1.29, 1.82) is 0 Å². The Morgan fingerprint density at radius 2 is 1.34 bits per heavy atom. The molecule has 2 aromatic carbocycles. The van der Waals surface area contributed by atoms with Gasteiger partial charge in [0.25, 0.3) is 0 Å². The molecule has 0 saturated carbocycles. The number of carbonyl (C=O) groups is 1. The predicted octanol–water partition coefficient (Wildman–Crippen LogP) is 5.91. The number of unbranched alkanes of at least 4 members (excludes halogenated alkanes) is 1. The van der Waals surface area contributed by atoms with Gasteiger partial charge in [-0.1, -0.05) is 48.5 Å². The second-order valence-electron chi connectivity index (χ2n) is 7.36. The largest absolute Gasteiger partial charge is 0.500 e. The number of aryl methyl sites for hydroxylation is 1. The van der Waals surface area contributed by atoms with Crippen molar-refractivity contribution >= 4 is 20.8 Å². The molecular formula is C26H36O5Si. The number of rotatable bonds is 14. The molecule has 6 heteroatoms. The normalized spacial score (nSPS) is 11.8. The van der Waals surface area contributed by atoms with Gasteiger partial charge >= 0.3 is 14.8 Å². The molecular weight excluding hydrogens is 420 g/mol. The topological polar surface area (TPSA) is 54.0 Å². The van der Waals surface area contributed by atoms with Crippen molar-refractivity contribution in [2.24, 2.45) is 0 Å². The van der Waals surface area contributed by atoms with Gasteiger partial charge in [0, 0.05) is 31.9 Å². The second kappa shape index (κ2) is 14.0. The fourth-order valence-corrected chi connectivity index (χ4v) is 6.24. The number of carbonyl (C=O) groups excluding carboxylic acids is 1. The molecule has 0 unspecified atom stereocenters. The summed E-state index contributed by atoms with van der Waals surface area (Å²) in [5, 5.41) is 0. The van der Waals surface area contributed by atoms with E-state index in [1.807, 2.05) is 32.9 Å². The zero-order chi connectivity index (χ0) is 23.2. The number of hydrogen-bond donors (Lipinski definition) is 0. The molecule has 32 heavy (non-hydrogen) atoms. The van der Waals surface area contributed by atoms with Gasteiger partial charge in [-0.3, -0.25) is 0 Å². The van der Waals surface area contributed by atoms with E-state index in [-0.39, 0.29) is 5.97 Å². The first kappa shape index (κ1) is 26.0. The van der Waals surface area contributed by atoms with E-state index in [4.69, 9.17) is 13.3 Å². The Morgan fingerprint density at radius 1 is 0.812 bits per heavy atom. The molecule has 0 spiro atoms. The quantitative estimate of drug-likeness (QED) is 0.153. The standard InChI is InChI=1S/C26H36O5Si/c1-5-29-32(30-6-2,31-7-3)21-9-8-10-22-11-16-24(17-12-22)25-18-13-23(14-19-25)15-20-26(27)28-4/h11-20H,5-10,21H2,1-4H3. The van der Waals surface area contributed by atoms with E-state index in [1.165, 1.54) is 24.3 Å². The Bertz CT molecular complexity index is 813. The van der Waals surface area contributed by atoms with Crippen LogP contribution in [0.5, 0.6) is 0 Å². The molecule has 0 saturated heterocycles. The van der Waals surface area contributed by atoms with Crippen LogP contribution in [0.1, 0.15) is 44.7 Å². The third-order valence-corrected chi connectivity index (χ3v) is 8.25. The van der Waals surface area contributed by atoms with E-state index in [0.29, 0.717) is 19.8 Å². The lowest BCUT2D eigenvalue weighted by Gasteiger charge is -2.28. The smallest absolute Gasteiger partial charge is 0.466 e. The van der Waals surface area contributed by atoms with Gasteiger partial charge in [0.1, 0.15) is 0 Å². The maximum absolute atomic E-state index is 11.2. The number of hydrogen-bond acceptors (Lipinski definition) is 5. The molecule has 2 aromatic rings. The minimum Gasteiger partial charge on any atom is -0.466 e. The molecule has 0 aliphatic rings. The van der Waals surface area contributed by atoms with E-state index in [0.717, 1.165) is 36.4 Å². The monoisotopic (exact) mass is 456 g/mol. The molecule has 0 aliphatic heterocycles. The van der Waals surface area contributed by atoms with Crippen molar-refractivity contribution in [2.45, 2.75) is 46.1 Å². The number of ether oxygens (including phenoxy) is 1. The van der Waals surface area contributed by atoms with Crippen LogP contribution < -0.4 is 0 Å². The van der Waals surface area contributed by atoms with E-state index < -0.39 is 8.80 Å². The van der Waals surface area contributed by atoms with Crippen molar-refractivity contribution in [3.63, 3.8) is 0 Å². The van der Waals surface area contributed by atoms with Crippen LogP contribution in [0.2, 0.25) is 6.04 Å². The lowest BCUT2D eigenvalue weighted by Crippen LogP contribution is -2.45. The summed E-state index contributed by atoms with van der Waals surface area (Å²) in [4.78, 5) is 11.2. The number of esters is 1. The van der Waals surface area contributed by atoms with Gasteiger partial charge in [0.2, 0.25) is 0 Å². The fraction of sp³-hybridized carbons (Fsp3) is 0.423. The first-order valence-corrected chi connectivity index (χ1v) is 13.4. The lowest BCUT2D eigenvalue weighted by molar-refractivity contribution is -0.134. The van der Waals surface area contributed by atoms with Crippen LogP contribution in [0.4, 0.5) is 0 Å². The van der Waals surface area contributed by atoms with Crippen molar-refractivity contribution in [3.8, 4) is 11.1 Å². The van der Waals surface area contributed by atoms with E-state index >= 15 is 0 Å². The zero-order valence-corrected chi connectivity index (χ0v) is 20.8. The van der Waals surface area contributed by atoms with Gasteiger partial charge < -0.3 is 18.0 Å². The maximum Gasteiger partial charge on any atom is 0.500 e. The van der Waals surface area contributed by atoms with Crippen LogP contribution in [0.15, 0.2) is 54.6 Å². The highest BCUT2D eigenvalue weighted by atomic mass is 28.4. The van der Waals surface area contributed by atoms with Gasteiger partial charge in [-0.2, -0.15) is 0 Å². The van der Waals surface area contributed by atoms with Gasteiger partial charge in [0.05, 0.1) is 7.11 Å². The summed E-state index contributed by atoms with van der Waals surface area (Å²) in [6.07, 6.45) is 6.29. The summed E-state index contributed by atoms with van der Waals surface area (Å²) < 4.78 is 22.4. The molecule has 0 aromatic heterocycles. The Hall–Kier alpha value is -2.25. The van der Waals surface area contributed by atoms with Gasteiger partial charge in [-0.25, -0.2) is 4.79 Å². The SMILES string of the molecule is CCO[Si](CCCCc1ccc(-c2ccc(C=CC(=O)OC)cc2)cc1)(OCC)OCC. The van der Waals surface area contributed by atoms with Crippen LogP contribution in [0, 0.1) is 0 Å². The summed E-state index contributed by atoms with van der Waals surface area (Å²) >= 11 is 0. The van der Waals surface area contributed by atoms with E-state index in [9.17, 15) is 4.79 Å². The minimum absolute atomic E-state index is 0.355. The Balaban J connectivity index is 1.88. The number of benzene rings is 2. The highest BCUT2D eigenvalue weighted by Crippen LogP contribution is 2.23. The molecule has 0 bridgehead atoms. The molecule has 0 radical (unpaired) electrons. The van der Waals surface area contributed by atoms with Gasteiger partial charge in [0.15, 0.2) is 0 Å². The molecule has 0 heterocycles.